The lowest BCUT2D eigenvalue weighted by Gasteiger charge is -2.48. The first-order valence-electron chi connectivity index (χ1n) is 14.5. The summed E-state index contributed by atoms with van der Waals surface area (Å²) in [6.45, 7) is 2.40. The maximum Gasteiger partial charge on any atom is 0.357 e. The first kappa shape index (κ1) is 33.3. The number of esters is 3. The summed E-state index contributed by atoms with van der Waals surface area (Å²) in [5, 5.41) is 7.49. The van der Waals surface area contributed by atoms with Crippen LogP contribution < -0.4 is 5.32 Å². The van der Waals surface area contributed by atoms with Crippen LogP contribution >= 0.6 is 23.1 Å². The maximum atomic E-state index is 13.4. The molecule has 0 spiro atoms. The number of carbonyl (C=O) groups is 5. The van der Waals surface area contributed by atoms with E-state index in [1.807, 2.05) is 60.7 Å². The summed E-state index contributed by atoms with van der Waals surface area (Å²) in [7, 11) is 0. The van der Waals surface area contributed by atoms with Crippen LogP contribution in [-0.2, 0) is 43.0 Å². The van der Waals surface area contributed by atoms with E-state index >= 15 is 0 Å². The minimum absolute atomic E-state index is 0.0109. The second-order valence-electron chi connectivity index (χ2n) is 10.1. The highest BCUT2D eigenvalue weighted by atomic mass is 32.2. The monoisotopic (exact) mass is 678 g/mol. The molecule has 5 rings (SSSR count). The van der Waals surface area contributed by atoms with Crippen LogP contribution in [-0.4, -0.2) is 75.4 Å². The van der Waals surface area contributed by atoms with Crippen molar-refractivity contribution in [3.05, 3.63) is 100 Å². The molecule has 13 nitrogen and oxygen atoms in total. The van der Waals surface area contributed by atoms with Gasteiger partial charge in [0.2, 0.25) is 12.9 Å². The Kier molecular flexibility index (Phi) is 11.0. The van der Waals surface area contributed by atoms with Crippen molar-refractivity contribution in [1.82, 2.24) is 15.2 Å². The quantitative estimate of drug-likeness (QED) is 0.0928. The normalized spacial score (nSPS) is 17.9. The van der Waals surface area contributed by atoms with E-state index in [0.717, 1.165) is 11.1 Å². The molecule has 3 aromatic rings. The van der Waals surface area contributed by atoms with Gasteiger partial charge in [0.15, 0.2) is 11.8 Å². The molecule has 1 fully saturated rings. The van der Waals surface area contributed by atoms with E-state index in [9.17, 15) is 24.0 Å². The van der Waals surface area contributed by atoms with Gasteiger partial charge in [-0.25, -0.2) is 14.6 Å². The second-order valence-corrected chi connectivity index (χ2v) is 11.9. The van der Waals surface area contributed by atoms with Gasteiger partial charge in [-0.05, 0) is 17.2 Å². The molecule has 1 saturated heterocycles. The standard InChI is InChI=1S/C32H30N4O9S2/c1-3-24(37)43-19(2)44-32(41)23-14-15-47-31-27(30(40)36(23)31)34-29(39)26(22-17-46-18-33-22)35-42-16-25(38)45-28(20-10-6-4-7-11-20)21-12-8-5-9-13-21/h4-14,17-19,27-28,31H,3,15-16H2,1-2H3,(H,34,39)/t19?,27?,31-/m1/s1. The highest BCUT2D eigenvalue weighted by Crippen LogP contribution is 2.38. The van der Waals surface area contributed by atoms with Gasteiger partial charge in [0.05, 0.1) is 5.51 Å². The number of rotatable bonds is 13. The maximum absolute atomic E-state index is 13.4. The molecule has 2 aliphatic heterocycles. The van der Waals surface area contributed by atoms with Crippen molar-refractivity contribution in [2.45, 2.75) is 44.1 Å². The van der Waals surface area contributed by atoms with Crippen LogP contribution in [0.2, 0.25) is 0 Å². The average molecular weight is 679 g/mol. The fourth-order valence-corrected chi connectivity index (χ4v) is 6.41. The Morgan fingerprint density at radius 3 is 2.30 bits per heavy atom. The topological polar surface area (TPSA) is 163 Å². The molecule has 1 N–H and O–H groups in total. The number of β-lactam (4-membered cyclic amide) rings is 1. The molecule has 0 aliphatic carbocycles. The summed E-state index contributed by atoms with van der Waals surface area (Å²) in [6.07, 6.45) is -0.194. The number of ether oxygens (including phenoxy) is 3. The lowest BCUT2D eigenvalue weighted by Crippen LogP contribution is -2.70. The summed E-state index contributed by atoms with van der Waals surface area (Å²) < 4.78 is 15.9. The summed E-state index contributed by atoms with van der Waals surface area (Å²) >= 11 is 2.54. The lowest BCUT2D eigenvalue weighted by molar-refractivity contribution is -0.184. The van der Waals surface area contributed by atoms with Crippen LogP contribution in [0.25, 0.3) is 0 Å². The number of oxime groups is 1. The Balaban J connectivity index is 1.22. The van der Waals surface area contributed by atoms with Gasteiger partial charge in [0.25, 0.3) is 11.8 Å². The third kappa shape index (κ3) is 8.04. The predicted molar refractivity (Wildman–Crippen MR) is 170 cm³/mol. The van der Waals surface area contributed by atoms with Crippen molar-refractivity contribution >= 4 is 58.5 Å². The van der Waals surface area contributed by atoms with Gasteiger partial charge in [0, 0.05) is 24.5 Å². The number of thioether (sulfide) groups is 1. The number of nitrogens with one attached hydrogen (secondary N) is 1. The third-order valence-electron chi connectivity index (χ3n) is 6.88. The number of hydrogen-bond acceptors (Lipinski definition) is 13. The van der Waals surface area contributed by atoms with Crippen LogP contribution in [0.4, 0.5) is 0 Å². The van der Waals surface area contributed by atoms with Gasteiger partial charge in [-0.2, -0.15) is 0 Å². The van der Waals surface area contributed by atoms with Crippen molar-refractivity contribution in [2.24, 2.45) is 5.16 Å². The molecule has 2 amide bonds. The Morgan fingerprint density at radius 1 is 1.00 bits per heavy atom. The summed E-state index contributed by atoms with van der Waals surface area (Å²) in [4.78, 5) is 74.2. The molecule has 244 valence electrons. The van der Waals surface area contributed by atoms with Crippen molar-refractivity contribution in [2.75, 3.05) is 12.4 Å². The number of carbonyl (C=O) groups excluding carboxylic acids is 5. The fourth-order valence-electron chi connectivity index (χ4n) is 4.68. The molecule has 2 unspecified atom stereocenters. The first-order valence-corrected chi connectivity index (χ1v) is 16.5. The molecule has 2 aromatic carbocycles. The smallest absolute Gasteiger partial charge is 0.357 e. The van der Waals surface area contributed by atoms with Gasteiger partial charge in [0.1, 0.15) is 22.8 Å². The number of fused-ring (bicyclic) bond motifs is 1. The first-order chi connectivity index (χ1) is 22.8. The lowest BCUT2D eigenvalue weighted by atomic mass is 10.0. The van der Waals surface area contributed by atoms with E-state index in [2.05, 4.69) is 15.5 Å². The Hall–Kier alpha value is -5.02. The highest BCUT2D eigenvalue weighted by molar-refractivity contribution is 8.00. The van der Waals surface area contributed by atoms with Crippen LogP contribution in [0.15, 0.2) is 88.5 Å². The van der Waals surface area contributed by atoms with Gasteiger partial charge >= 0.3 is 17.9 Å². The zero-order valence-corrected chi connectivity index (χ0v) is 26.9. The third-order valence-corrected chi connectivity index (χ3v) is 8.65. The molecule has 0 radical (unpaired) electrons. The van der Waals surface area contributed by atoms with Gasteiger partial charge < -0.3 is 24.4 Å². The van der Waals surface area contributed by atoms with E-state index in [1.54, 1.807) is 12.3 Å². The molecule has 0 bridgehead atoms. The number of amides is 2. The van der Waals surface area contributed by atoms with Gasteiger partial charge in [-0.15, -0.1) is 23.1 Å². The van der Waals surface area contributed by atoms with E-state index in [4.69, 9.17) is 19.0 Å². The molecular weight excluding hydrogens is 649 g/mol. The Morgan fingerprint density at radius 2 is 1.68 bits per heavy atom. The molecule has 3 atom stereocenters. The molecule has 2 aliphatic rings. The zero-order chi connectivity index (χ0) is 33.3. The summed E-state index contributed by atoms with van der Waals surface area (Å²) in [5.41, 5.74) is 2.92. The summed E-state index contributed by atoms with van der Waals surface area (Å²) in [6, 6.07) is 17.4. The highest BCUT2D eigenvalue weighted by Gasteiger charge is 2.53. The largest absolute Gasteiger partial charge is 0.450 e. The number of aromatic nitrogens is 1. The van der Waals surface area contributed by atoms with Crippen LogP contribution in [0.5, 0.6) is 0 Å². The van der Waals surface area contributed by atoms with E-state index in [-0.39, 0.29) is 23.5 Å². The summed E-state index contributed by atoms with van der Waals surface area (Å²) in [5.74, 6) is -3.06. The number of hydrogen-bond donors (Lipinski definition) is 1. The van der Waals surface area contributed by atoms with Crippen LogP contribution in [0, 0.1) is 0 Å². The van der Waals surface area contributed by atoms with Crippen molar-refractivity contribution < 1.29 is 43.0 Å². The average Bonchev–Trinajstić information content (AvgIpc) is 3.62. The Labute approximate surface area is 277 Å². The van der Waals surface area contributed by atoms with Crippen molar-refractivity contribution in [3.63, 3.8) is 0 Å². The van der Waals surface area contributed by atoms with E-state index in [1.165, 1.54) is 46.5 Å². The minimum Gasteiger partial charge on any atom is -0.450 e. The molecule has 0 saturated carbocycles. The molecule has 15 heteroatoms. The molecule has 47 heavy (non-hydrogen) atoms. The van der Waals surface area contributed by atoms with Crippen molar-refractivity contribution in [1.29, 1.82) is 0 Å². The Bertz CT molecular complexity index is 1630. The van der Waals surface area contributed by atoms with Gasteiger partial charge in [-0.1, -0.05) is 72.7 Å². The van der Waals surface area contributed by atoms with E-state index < -0.39 is 60.1 Å². The minimum atomic E-state index is -1.15. The SMILES string of the molecule is CCC(=O)OC(C)OC(=O)C1=CCS[C@@H]2C(NC(=O)C(=NOCC(=O)OC(c3ccccc3)c3ccccc3)c3cscn3)C(=O)N12. The van der Waals surface area contributed by atoms with Crippen LogP contribution in [0.1, 0.15) is 43.2 Å². The molecule has 3 heterocycles. The van der Waals surface area contributed by atoms with Crippen molar-refractivity contribution in [3.8, 4) is 0 Å². The molecular formula is C32H30N4O9S2. The second kappa shape index (κ2) is 15.5. The number of nitrogens with zero attached hydrogens (tertiary/aromatic N) is 3. The number of benzene rings is 2. The van der Waals surface area contributed by atoms with E-state index in [0.29, 0.717) is 5.75 Å². The molecule has 1 aromatic heterocycles. The number of thiazole rings is 1. The fraction of sp³-hybridized carbons (Fsp3) is 0.281. The van der Waals surface area contributed by atoms with Gasteiger partial charge in [-0.3, -0.25) is 19.3 Å². The predicted octanol–water partition coefficient (Wildman–Crippen LogP) is 3.32. The van der Waals surface area contributed by atoms with Crippen LogP contribution in [0.3, 0.4) is 0 Å². The zero-order valence-electron chi connectivity index (χ0n) is 25.3.